The van der Waals surface area contributed by atoms with E-state index in [0.29, 0.717) is 0 Å². The fourth-order valence-corrected chi connectivity index (χ4v) is 9.21. The number of anilines is 3. The maximum atomic E-state index is 7.00. The molecule has 0 amide bonds. The van der Waals surface area contributed by atoms with E-state index in [-0.39, 0.29) is 0 Å². The van der Waals surface area contributed by atoms with Crippen molar-refractivity contribution >= 4 is 71.7 Å². The average Bonchev–Trinajstić information content (AvgIpc) is 3.91. The van der Waals surface area contributed by atoms with E-state index in [4.69, 9.17) is 8.83 Å². The molecule has 0 spiro atoms. The molecule has 0 fully saturated rings. The van der Waals surface area contributed by atoms with E-state index in [9.17, 15) is 0 Å². The fraction of sp³-hybridized carbons (Fsp3) is 0. The zero-order chi connectivity index (χ0) is 40.3. The molecule has 286 valence electrons. The number of furan rings is 2. The Morgan fingerprint density at radius 2 is 0.770 bits per heavy atom. The van der Waals surface area contributed by atoms with Crippen molar-refractivity contribution in [3.8, 4) is 44.5 Å². The number of para-hydroxylation sites is 1. The van der Waals surface area contributed by atoms with Gasteiger partial charge in [0, 0.05) is 44.2 Å². The summed E-state index contributed by atoms with van der Waals surface area (Å²) in [6.07, 6.45) is 0. The molecule has 3 nitrogen and oxygen atoms in total. The Morgan fingerprint density at radius 3 is 1.41 bits per heavy atom. The van der Waals surface area contributed by atoms with Gasteiger partial charge in [-0.25, -0.2) is 0 Å². The van der Waals surface area contributed by atoms with Crippen LogP contribution < -0.4 is 4.90 Å². The lowest BCUT2D eigenvalue weighted by Gasteiger charge is -2.26. The summed E-state index contributed by atoms with van der Waals surface area (Å²) in [5.74, 6) is 0. The summed E-state index contributed by atoms with van der Waals surface area (Å²) >= 11 is 0. The molecule has 0 saturated heterocycles. The Morgan fingerprint density at radius 1 is 0.279 bits per heavy atom. The van der Waals surface area contributed by atoms with Gasteiger partial charge in [0.2, 0.25) is 0 Å². The number of hydrogen-bond donors (Lipinski definition) is 0. The first-order chi connectivity index (χ1) is 30.2. The highest BCUT2D eigenvalue weighted by molar-refractivity contribution is 6.27. The second-order valence-corrected chi connectivity index (χ2v) is 15.6. The summed E-state index contributed by atoms with van der Waals surface area (Å²) < 4.78 is 13.4. The van der Waals surface area contributed by atoms with Crippen LogP contribution in [0.5, 0.6) is 0 Å². The minimum absolute atomic E-state index is 0.839. The normalized spacial score (nSPS) is 11.6. The molecule has 3 heteroatoms. The molecular formula is C58H37NO2. The van der Waals surface area contributed by atoms with Crippen LogP contribution in [-0.2, 0) is 0 Å². The van der Waals surface area contributed by atoms with Gasteiger partial charge in [0.25, 0.3) is 0 Å². The van der Waals surface area contributed by atoms with Crippen LogP contribution in [0.4, 0.5) is 17.1 Å². The number of fused-ring (bicyclic) bond motifs is 8. The Balaban J connectivity index is 1.04. The smallest absolute Gasteiger partial charge is 0.143 e. The van der Waals surface area contributed by atoms with Crippen LogP contribution in [0.2, 0.25) is 0 Å². The Hall–Kier alpha value is -8.14. The molecule has 10 aromatic carbocycles. The zero-order valence-electron chi connectivity index (χ0n) is 33.1. The lowest BCUT2D eigenvalue weighted by atomic mass is 9.89. The largest absolute Gasteiger partial charge is 0.456 e. The number of nitrogens with zero attached hydrogens (tertiary/aromatic N) is 1. The van der Waals surface area contributed by atoms with E-state index in [1.54, 1.807) is 0 Å². The fourth-order valence-electron chi connectivity index (χ4n) is 9.21. The molecule has 0 aliphatic heterocycles. The van der Waals surface area contributed by atoms with E-state index in [2.05, 4.69) is 211 Å². The molecule has 2 heterocycles. The molecule has 0 aliphatic rings. The third-order valence-electron chi connectivity index (χ3n) is 12.1. The molecule has 12 aromatic rings. The van der Waals surface area contributed by atoms with Crippen LogP contribution in [0, 0.1) is 0 Å². The van der Waals surface area contributed by atoms with Crippen LogP contribution in [0.25, 0.3) is 99.2 Å². The van der Waals surface area contributed by atoms with Crippen molar-refractivity contribution in [2.75, 3.05) is 4.90 Å². The standard InChI is InChI=1S/C58H37NO2/c1-3-12-38(13-4-1)40-22-28-44(29-23-40)59(45-30-24-41(25-31-45)39-14-5-2-6-15-39)46-32-26-43(27-33-46)55-49(48-20-11-17-42-16-7-8-18-47(42)48)34-35-51-57-54(61-58(51)55)37-36-53-56(57)50-19-9-10-21-52(50)60-53/h1-37H. The third kappa shape index (κ3) is 5.90. The van der Waals surface area contributed by atoms with Gasteiger partial charge < -0.3 is 13.7 Å². The molecular weight excluding hydrogens is 743 g/mol. The Bertz CT molecular complexity index is 3460. The van der Waals surface area contributed by atoms with E-state index >= 15 is 0 Å². The van der Waals surface area contributed by atoms with Crippen LogP contribution in [0.3, 0.4) is 0 Å². The predicted octanol–water partition coefficient (Wildman–Crippen LogP) is 16.8. The highest BCUT2D eigenvalue weighted by Crippen LogP contribution is 2.47. The molecule has 12 rings (SSSR count). The van der Waals surface area contributed by atoms with Gasteiger partial charge in [-0.15, -0.1) is 0 Å². The van der Waals surface area contributed by atoms with Crippen molar-refractivity contribution in [2.24, 2.45) is 0 Å². The number of hydrogen-bond acceptors (Lipinski definition) is 3. The van der Waals surface area contributed by atoms with E-state index in [1.807, 2.05) is 18.2 Å². The predicted molar refractivity (Wildman–Crippen MR) is 255 cm³/mol. The van der Waals surface area contributed by atoms with Crippen LogP contribution >= 0.6 is 0 Å². The first-order valence-corrected chi connectivity index (χ1v) is 20.7. The molecule has 0 radical (unpaired) electrons. The minimum Gasteiger partial charge on any atom is -0.456 e. The summed E-state index contributed by atoms with van der Waals surface area (Å²) in [6, 6.07) is 79.8. The van der Waals surface area contributed by atoms with Crippen molar-refractivity contribution in [1.29, 1.82) is 0 Å². The molecule has 0 N–H and O–H groups in total. The highest BCUT2D eigenvalue weighted by Gasteiger charge is 2.23. The molecule has 0 atom stereocenters. The second kappa shape index (κ2) is 14.3. The van der Waals surface area contributed by atoms with Gasteiger partial charge in [-0.2, -0.15) is 0 Å². The van der Waals surface area contributed by atoms with Crippen LogP contribution in [-0.4, -0.2) is 0 Å². The molecule has 0 saturated carbocycles. The lowest BCUT2D eigenvalue weighted by Crippen LogP contribution is -2.09. The van der Waals surface area contributed by atoms with Gasteiger partial charge in [-0.1, -0.05) is 164 Å². The number of rotatable bonds is 7. The second-order valence-electron chi connectivity index (χ2n) is 15.6. The van der Waals surface area contributed by atoms with E-state index in [1.165, 1.54) is 33.0 Å². The number of benzene rings is 10. The highest BCUT2D eigenvalue weighted by atomic mass is 16.3. The van der Waals surface area contributed by atoms with Gasteiger partial charge in [0.1, 0.15) is 22.3 Å². The van der Waals surface area contributed by atoms with E-state index in [0.717, 1.165) is 83.2 Å². The van der Waals surface area contributed by atoms with Crippen molar-refractivity contribution in [2.45, 2.75) is 0 Å². The van der Waals surface area contributed by atoms with Crippen LogP contribution in [0.15, 0.2) is 233 Å². The minimum atomic E-state index is 0.839. The molecule has 61 heavy (non-hydrogen) atoms. The van der Waals surface area contributed by atoms with Gasteiger partial charge in [0.15, 0.2) is 0 Å². The quantitative estimate of drug-likeness (QED) is 0.161. The third-order valence-corrected chi connectivity index (χ3v) is 12.1. The van der Waals surface area contributed by atoms with Gasteiger partial charge >= 0.3 is 0 Å². The molecule has 0 bridgehead atoms. The molecule has 2 aromatic heterocycles. The van der Waals surface area contributed by atoms with Crippen molar-refractivity contribution in [3.63, 3.8) is 0 Å². The molecule has 0 aliphatic carbocycles. The Labute approximate surface area is 353 Å². The first kappa shape index (κ1) is 34.9. The molecule has 0 unspecified atom stereocenters. The van der Waals surface area contributed by atoms with Crippen LogP contribution in [0.1, 0.15) is 0 Å². The summed E-state index contributed by atoms with van der Waals surface area (Å²) in [5.41, 5.74) is 15.8. The summed E-state index contributed by atoms with van der Waals surface area (Å²) in [5, 5.41) is 6.70. The van der Waals surface area contributed by atoms with E-state index < -0.39 is 0 Å². The SMILES string of the molecule is c1ccc(-c2ccc(N(c3ccc(-c4ccccc4)cc3)c3ccc(-c4c(-c5cccc6ccccc56)ccc5c4oc4ccc6oc7ccccc7c6c45)cc3)cc2)cc1. The van der Waals surface area contributed by atoms with Gasteiger partial charge in [-0.3, -0.25) is 0 Å². The maximum absolute atomic E-state index is 7.00. The first-order valence-electron chi connectivity index (χ1n) is 20.7. The maximum Gasteiger partial charge on any atom is 0.143 e. The topological polar surface area (TPSA) is 29.5 Å². The van der Waals surface area contributed by atoms with Crippen molar-refractivity contribution < 1.29 is 8.83 Å². The summed E-state index contributed by atoms with van der Waals surface area (Å²) in [6.45, 7) is 0. The van der Waals surface area contributed by atoms with Gasteiger partial charge in [-0.05, 0) is 110 Å². The average molecular weight is 780 g/mol. The summed E-state index contributed by atoms with van der Waals surface area (Å²) in [7, 11) is 0. The van der Waals surface area contributed by atoms with Crippen molar-refractivity contribution in [1.82, 2.24) is 0 Å². The zero-order valence-corrected chi connectivity index (χ0v) is 33.1. The summed E-state index contributed by atoms with van der Waals surface area (Å²) in [4.78, 5) is 2.33. The lowest BCUT2D eigenvalue weighted by molar-refractivity contribution is 0.663. The Kier molecular flexibility index (Phi) is 8.17. The monoisotopic (exact) mass is 779 g/mol. The van der Waals surface area contributed by atoms with Crippen molar-refractivity contribution in [3.05, 3.63) is 224 Å². The van der Waals surface area contributed by atoms with Gasteiger partial charge in [0.05, 0.1) is 0 Å².